The van der Waals surface area contributed by atoms with Gasteiger partial charge in [0.15, 0.2) is 0 Å². The summed E-state index contributed by atoms with van der Waals surface area (Å²) in [4.78, 5) is 11.7. The molecule has 0 aromatic carbocycles. The number of nitrogens with zero attached hydrogens (tertiary/aromatic N) is 3. The van der Waals surface area contributed by atoms with Crippen LogP contribution < -0.4 is 5.32 Å². The fourth-order valence-electron chi connectivity index (χ4n) is 3.19. The van der Waals surface area contributed by atoms with Crippen molar-refractivity contribution >= 4 is 11.3 Å². The molecule has 112 valence electrons. The second kappa shape index (κ2) is 6.10. The number of aromatic nitrogens is 1. The maximum Gasteiger partial charge on any atom is 0.112 e. The maximum atomic E-state index is 5.02. The van der Waals surface area contributed by atoms with Crippen molar-refractivity contribution in [2.24, 2.45) is 0 Å². The zero-order valence-corrected chi connectivity index (χ0v) is 13.7. The zero-order chi connectivity index (χ0) is 14.1. The van der Waals surface area contributed by atoms with E-state index in [1.54, 1.807) is 0 Å². The summed E-state index contributed by atoms with van der Waals surface area (Å²) in [6.45, 7) is 14.7. The van der Waals surface area contributed by atoms with E-state index in [2.05, 4.69) is 35.9 Å². The molecule has 0 spiro atoms. The van der Waals surface area contributed by atoms with E-state index in [0.29, 0.717) is 12.0 Å². The number of piperazine rings is 3. The van der Waals surface area contributed by atoms with E-state index in [4.69, 9.17) is 4.98 Å². The SMILES string of the molecule is CCNCc1sc(C2CN3CCN2CC3)nc1C(C)C. The van der Waals surface area contributed by atoms with Gasteiger partial charge in [-0.15, -0.1) is 11.3 Å². The summed E-state index contributed by atoms with van der Waals surface area (Å²) in [5.74, 6) is 0.518. The minimum absolute atomic E-state index is 0.518. The van der Waals surface area contributed by atoms with Gasteiger partial charge in [0, 0.05) is 44.1 Å². The molecule has 1 aromatic heterocycles. The van der Waals surface area contributed by atoms with E-state index in [1.807, 2.05) is 11.3 Å². The van der Waals surface area contributed by atoms with E-state index in [1.165, 1.54) is 48.3 Å². The molecule has 3 aliphatic heterocycles. The van der Waals surface area contributed by atoms with Gasteiger partial charge >= 0.3 is 0 Å². The van der Waals surface area contributed by atoms with Gasteiger partial charge in [0.05, 0.1) is 11.7 Å². The highest BCUT2D eigenvalue weighted by molar-refractivity contribution is 7.11. The molecular weight excluding hydrogens is 268 g/mol. The van der Waals surface area contributed by atoms with Gasteiger partial charge in [-0.05, 0) is 12.5 Å². The number of thiazole rings is 1. The Hall–Kier alpha value is -0.490. The van der Waals surface area contributed by atoms with Crippen LogP contribution in [0.5, 0.6) is 0 Å². The monoisotopic (exact) mass is 294 g/mol. The predicted molar refractivity (Wildman–Crippen MR) is 84.3 cm³/mol. The first kappa shape index (κ1) is 14.4. The number of fused-ring (bicyclic) bond motifs is 3. The molecule has 4 rings (SSSR count). The van der Waals surface area contributed by atoms with Crippen molar-refractivity contribution in [3.8, 4) is 0 Å². The van der Waals surface area contributed by atoms with Crippen molar-refractivity contribution in [2.45, 2.75) is 39.3 Å². The Bertz CT molecular complexity index is 449. The lowest BCUT2D eigenvalue weighted by Crippen LogP contribution is -2.56. The topological polar surface area (TPSA) is 31.4 Å². The van der Waals surface area contributed by atoms with Crippen LogP contribution in [0.2, 0.25) is 0 Å². The van der Waals surface area contributed by atoms with Crippen LogP contribution in [0.4, 0.5) is 0 Å². The van der Waals surface area contributed by atoms with Gasteiger partial charge in [0.1, 0.15) is 5.01 Å². The highest BCUT2D eigenvalue weighted by atomic mass is 32.1. The highest BCUT2D eigenvalue weighted by Gasteiger charge is 2.35. The molecule has 0 radical (unpaired) electrons. The van der Waals surface area contributed by atoms with Crippen molar-refractivity contribution < 1.29 is 0 Å². The van der Waals surface area contributed by atoms with Gasteiger partial charge in [-0.3, -0.25) is 9.80 Å². The van der Waals surface area contributed by atoms with Crippen LogP contribution in [0.1, 0.15) is 48.3 Å². The Morgan fingerprint density at radius 1 is 1.30 bits per heavy atom. The quantitative estimate of drug-likeness (QED) is 0.900. The molecule has 4 heterocycles. The third kappa shape index (κ3) is 2.77. The second-order valence-corrected chi connectivity index (χ2v) is 7.26. The third-order valence-corrected chi connectivity index (χ3v) is 5.56. The lowest BCUT2D eigenvalue weighted by atomic mass is 10.1. The lowest BCUT2D eigenvalue weighted by molar-refractivity contribution is 0.0122. The Labute approximate surface area is 126 Å². The number of hydrogen-bond acceptors (Lipinski definition) is 5. The van der Waals surface area contributed by atoms with E-state index in [9.17, 15) is 0 Å². The molecule has 1 atom stereocenters. The number of hydrogen-bond donors (Lipinski definition) is 1. The van der Waals surface area contributed by atoms with Gasteiger partial charge in [-0.25, -0.2) is 4.98 Å². The predicted octanol–water partition coefficient (Wildman–Crippen LogP) is 2.05. The summed E-state index contributed by atoms with van der Waals surface area (Å²) in [5.41, 5.74) is 1.31. The van der Waals surface area contributed by atoms with Crippen molar-refractivity contribution in [3.63, 3.8) is 0 Å². The molecule has 3 aliphatic rings. The molecule has 1 N–H and O–H groups in total. The summed E-state index contributed by atoms with van der Waals surface area (Å²) < 4.78 is 0. The normalized spacial score (nSPS) is 29.3. The Kier molecular flexibility index (Phi) is 4.40. The van der Waals surface area contributed by atoms with Crippen molar-refractivity contribution in [2.75, 3.05) is 39.3 Å². The van der Waals surface area contributed by atoms with Crippen molar-refractivity contribution in [3.05, 3.63) is 15.6 Å². The molecular formula is C15H26N4S. The molecule has 3 fully saturated rings. The van der Waals surface area contributed by atoms with Crippen LogP contribution in [-0.4, -0.2) is 54.1 Å². The Balaban J connectivity index is 1.82. The average molecular weight is 294 g/mol. The molecule has 1 unspecified atom stereocenters. The molecule has 2 bridgehead atoms. The van der Waals surface area contributed by atoms with Crippen molar-refractivity contribution in [1.29, 1.82) is 0 Å². The van der Waals surface area contributed by atoms with Gasteiger partial charge in [-0.2, -0.15) is 0 Å². The summed E-state index contributed by atoms with van der Waals surface area (Å²) >= 11 is 1.93. The Morgan fingerprint density at radius 3 is 2.60 bits per heavy atom. The Morgan fingerprint density at radius 2 is 2.05 bits per heavy atom. The standard InChI is InChI=1S/C15H26N4S/c1-4-16-9-13-14(11(2)3)17-15(20-13)12-10-18-5-7-19(12)8-6-18/h11-12,16H,4-10H2,1-3H3. The summed E-state index contributed by atoms with van der Waals surface area (Å²) in [5, 5.41) is 4.80. The van der Waals surface area contributed by atoms with Gasteiger partial charge < -0.3 is 5.32 Å². The van der Waals surface area contributed by atoms with E-state index < -0.39 is 0 Å². The fraction of sp³-hybridized carbons (Fsp3) is 0.800. The molecule has 0 amide bonds. The second-order valence-electron chi connectivity index (χ2n) is 6.15. The molecule has 3 saturated heterocycles. The van der Waals surface area contributed by atoms with Crippen LogP contribution >= 0.6 is 11.3 Å². The van der Waals surface area contributed by atoms with Crippen LogP contribution in [0.15, 0.2) is 0 Å². The van der Waals surface area contributed by atoms with Crippen LogP contribution in [-0.2, 0) is 6.54 Å². The molecule has 0 aliphatic carbocycles. The first-order chi connectivity index (χ1) is 9.69. The summed E-state index contributed by atoms with van der Waals surface area (Å²) in [6, 6.07) is 0.537. The average Bonchev–Trinajstić information content (AvgIpc) is 2.90. The first-order valence-corrected chi connectivity index (χ1v) is 8.67. The highest BCUT2D eigenvalue weighted by Crippen LogP contribution is 2.34. The van der Waals surface area contributed by atoms with E-state index in [-0.39, 0.29) is 0 Å². The van der Waals surface area contributed by atoms with E-state index in [0.717, 1.165) is 13.1 Å². The van der Waals surface area contributed by atoms with E-state index >= 15 is 0 Å². The molecule has 4 nitrogen and oxygen atoms in total. The largest absolute Gasteiger partial charge is 0.312 e. The molecule has 1 aromatic rings. The molecule has 20 heavy (non-hydrogen) atoms. The fourth-order valence-corrected chi connectivity index (χ4v) is 4.51. The number of rotatable bonds is 5. The van der Waals surface area contributed by atoms with Gasteiger partial charge in [0.25, 0.3) is 0 Å². The van der Waals surface area contributed by atoms with Crippen LogP contribution in [0, 0.1) is 0 Å². The summed E-state index contributed by atoms with van der Waals surface area (Å²) in [7, 11) is 0. The minimum Gasteiger partial charge on any atom is -0.312 e. The van der Waals surface area contributed by atoms with Crippen molar-refractivity contribution in [1.82, 2.24) is 20.1 Å². The lowest BCUT2D eigenvalue weighted by Gasteiger charge is -2.46. The first-order valence-electron chi connectivity index (χ1n) is 7.85. The molecule has 0 saturated carbocycles. The van der Waals surface area contributed by atoms with Gasteiger partial charge in [-0.1, -0.05) is 20.8 Å². The minimum atomic E-state index is 0.518. The zero-order valence-electron chi connectivity index (χ0n) is 12.9. The van der Waals surface area contributed by atoms with Crippen LogP contribution in [0.25, 0.3) is 0 Å². The van der Waals surface area contributed by atoms with Crippen LogP contribution in [0.3, 0.4) is 0 Å². The molecule has 5 heteroatoms. The smallest absolute Gasteiger partial charge is 0.112 e. The number of nitrogens with one attached hydrogen (secondary N) is 1. The van der Waals surface area contributed by atoms with Gasteiger partial charge in [0.2, 0.25) is 0 Å². The maximum absolute atomic E-state index is 5.02. The summed E-state index contributed by atoms with van der Waals surface area (Å²) in [6.07, 6.45) is 0. The third-order valence-electron chi connectivity index (χ3n) is 4.39.